The molecule has 0 radical (unpaired) electrons. The number of ether oxygens (including phenoxy) is 1. The lowest BCUT2D eigenvalue weighted by Crippen LogP contribution is -2.46. The van der Waals surface area contributed by atoms with Crippen LogP contribution in [-0.4, -0.2) is 49.0 Å². The second-order valence-electron chi connectivity index (χ2n) is 4.36. The summed E-state index contributed by atoms with van der Waals surface area (Å²) in [6, 6.07) is 0. The van der Waals surface area contributed by atoms with Gasteiger partial charge < -0.3 is 9.84 Å². The van der Waals surface area contributed by atoms with E-state index in [2.05, 4.69) is 11.8 Å². The lowest BCUT2D eigenvalue weighted by atomic mass is 9.95. The standard InChI is InChI=1S/C11H23NO2/c1-4-10(13)7-12-6-5-9(2)11(8-12)14-3/h9-11,13H,4-8H2,1-3H3. The van der Waals surface area contributed by atoms with Gasteiger partial charge in [0, 0.05) is 20.2 Å². The molecule has 0 spiro atoms. The molecule has 1 fully saturated rings. The molecule has 0 amide bonds. The first-order chi connectivity index (χ1) is 6.67. The fourth-order valence-electron chi connectivity index (χ4n) is 2.00. The Morgan fingerprint density at radius 3 is 2.86 bits per heavy atom. The zero-order valence-electron chi connectivity index (χ0n) is 9.57. The zero-order valence-corrected chi connectivity index (χ0v) is 9.57. The summed E-state index contributed by atoms with van der Waals surface area (Å²) in [5.74, 6) is 0.648. The molecule has 0 saturated carbocycles. The molecule has 1 N–H and O–H groups in total. The molecule has 1 aliphatic heterocycles. The molecule has 3 heteroatoms. The van der Waals surface area contributed by atoms with Gasteiger partial charge >= 0.3 is 0 Å². The molecule has 84 valence electrons. The summed E-state index contributed by atoms with van der Waals surface area (Å²) >= 11 is 0. The molecule has 1 heterocycles. The third-order valence-electron chi connectivity index (χ3n) is 3.22. The molecule has 1 saturated heterocycles. The van der Waals surface area contributed by atoms with Gasteiger partial charge in [0.2, 0.25) is 0 Å². The first-order valence-corrected chi connectivity index (χ1v) is 5.60. The van der Waals surface area contributed by atoms with E-state index in [0.717, 1.165) is 26.1 Å². The van der Waals surface area contributed by atoms with Crippen molar-refractivity contribution < 1.29 is 9.84 Å². The minimum absolute atomic E-state index is 0.180. The van der Waals surface area contributed by atoms with Crippen molar-refractivity contribution in [3.8, 4) is 0 Å². The molecule has 0 aliphatic carbocycles. The van der Waals surface area contributed by atoms with Gasteiger partial charge in [0.15, 0.2) is 0 Å². The smallest absolute Gasteiger partial charge is 0.0724 e. The largest absolute Gasteiger partial charge is 0.392 e. The number of β-amino-alcohol motifs (C(OH)–C–C–N with tert-alkyl or cyclic N) is 1. The number of aliphatic hydroxyl groups is 1. The Bertz CT molecular complexity index is 163. The third kappa shape index (κ3) is 3.23. The van der Waals surface area contributed by atoms with Crippen molar-refractivity contribution in [3.63, 3.8) is 0 Å². The number of aliphatic hydroxyl groups excluding tert-OH is 1. The Morgan fingerprint density at radius 2 is 2.29 bits per heavy atom. The molecule has 1 rings (SSSR count). The van der Waals surface area contributed by atoms with Crippen LogP contribution in [0.5, 0.6) is 0 Å². The molecule has 3 unspecified atom stereocenters. The Kier molecular flexibility index (Phi) is 4.85. The fraction of sp³-hybridized carbons (Fsp3) is 1.00. The van der Waals surface area contributed by atoms with Gasteiger partial charge in [-0.05, 0) is 25.3 Å². The normalized spacial score (nSPS) is 31.7. The van der Waals surface area contributed by atoms with Gasteiger partial charge in [0.1, 0.15) is 0 Å². The molecule has 1 aliphatic rings. The molecule has 0 aromatic heterocycles. The van der Waals surface area contributed by atoms with Gasteiger partial charge in [-0.2, -0.15) is 0 Å². The summed E-state index contributed by atoms with van der Waals surface area (Å²) < 4.78 is 5.43. The van der Waals surface area contributed by atoms with Crippen LogP contribution in [0.25, 0.3) is 0 Å². The monoisotopic (exact) mass is 201 g/mol. The minimum Gasteiger partial charge on any atom is -0.392 e. The number of hydrogen-bond acceptors (Lipinski definition) is 3. The van der Waals surface area contributed by atoms with Gasteiger partial charge in [0.05, 0.1) is 12.2 Å². The number of likely N-dealkylation sites (tertiary alicyclic amines) is 1. The summed E-state index contributed by atoms with van der Waals surface area (Å²) in [5.41, 5.74) is 0. The van der Waals surface area contributed by atoms with E-state index in [0.29, 0.717) is 12.0 Å². The van der Waals surface area contributed by atoms with Crippen molar-refractivity contribution in [2.24, 2.45) is 5.92 Å². The van der Waals surface area contributed by atoms with Crippen LogP contribution in [-0.2, 0) is 4.74 Å². The molecule has 3 nitrogen and oxygen atoms in total. The van der Waals surface area contributed by atoms with Crippen molar-refractivity contribution in [3.05, 3.63) is 0 Å². The number of methoxy groups -OCH3 is 1. The van der Waals surface area contributed by atoms with E-state index in [1.165, 1.54) is 6.42 Å². The number of nitrogens with zero attached hydrogens (tertiary/aromatic N) is 1. The molecule has 0 aromatic carbocycles. The molecular weight excluding hydrogens is 178 g/mol. The minimum atomic E-state index is -0.180. The quantitative estimate of drug-likeness (QED) is 0.739. The number of rotatable bonds is 4. The highest BCUT2D eigenvalue weighted by Crippen LogP contribution is 2.19. The highest BCUT2D eigenvalue weighted by Gasteiger charge is 2.26. The molecule has 0 aromatic rings. The lowest BCUT2D eigenvalue weighted by molar-refractivity contribution is -0.0180. The van der Waals surface area contributed by atoms with Crippen LogP contribution in [0.2, 0.25) is 0 Å². The van der Waals surface area contributed by atoms with Crippen molar-refractivity contribution >= 4 is 0 Å². The van der Waals surface area contributed by atoms with E-state index < -0.39 is 0 Å². The van der Waals surface area contributed by atoms with Gasteiger partial charge in [-0.3, -0.25) is 4.90 Å². The number of piperidine rings is 1. The van der Waals surface area contributed by atoms with Gasteiger partial charge in [-0.15, -0.1) is 0 Å². The maximum absolute atomic E-state index is 9.55. The van der Waals surface area contributed by atoms with Crippen LogP contribution in [0.4, 0.5) is 0 Å². The SMILES string of the molecule is CCC(O)CN1CCC(C)C(OC)C1. The van der Waals surface area contributed by atoms with Crippen LogP contribution in [0.1, 0.15) is 26.7 Å². The van der Waals surface area contributed by atoms with Crippen molar-refractivity contribution in [2.75, 3.05) is 26.7 Å². The summed E-state index contributed by atoms with van der Waals surface area (Å²) in [5, 5.41) is 9.55. The highest BCUT2D eigenvalue weighted by atomic mass is 16.5. The van der Waals surface area contributed by atoms with Gasteiger partial charge in [0.25, 0.3) is 0 Å². The van der Waals surface area contributed by atoms with Crippen molar-refractivity contribution in [2.45, 2.75) is 38.9 Å². The second-order valence-corrected chi connectivity index (χ2v) is 4.36. The van der Waals surface area contributed by atoms with Crippen LogP contribution >= 0.6 is 0 Å². The maximum atomic E-state index is 9.55. The Labute approximate surface area is 87.1 Å². The topological polar surface area (TPSA) is 32.7 Å². The van der Waals surface area contributed by atoms with E-state index in [1.54, 1.807) is 7.11 Å². The van der Waals surface area contributed by atoms with Crippen LogP contribution in [0, 0.1) is 5.92 Å². The number of hydrogen-bond donors (Lipinski definition) is 1. The van der Waals surface area contributed by atoms with Gasteiger partial charge in [-0.25, -0.2) is 0 Å². The summed E-state index contributed by atoms with van der Waals surface area (Å²) in [4.78, 5) is 2.31. The lowest BCUT2D eigenvalue weighted by Gasteiger charge is -2.36. The average molecular weight is 201 g/mol. The molecular formula is C11H23NO2. The summed E-state index contributed by atoms with van der Waals surface area (Å²) in [6.07, 6.45) is 2.17. The third-order valence-corrected chi connectivity index (χ3v) is 3.22. The predicted octanol–water partition coefficient (Wildman–Crippen LogP) is 1.11. The maximum Gasteiger partial charge on any atom is 0.0724 e. The van der Waals surface area contributed by atoms with E-state index >= 15 is 0 Å². The predicted molar refractivity (Wildman–Crippen MR) is 57.3 cm³/mol. The first-order valence-electron chi connectivity index (χ1n) is 5.60. The Hall–Kier alpha value is -0.120. The first kappa shape index (κ1) is 12.0. The van der Waals surface area contributed by atoms with E-state index in [4.69, 9.17) is 4.74 Å². The average Bonchev–Trinajstić information content (AvgIpc) is 2.20. The second kappa shape index (κ2) is 5.69. The van der Waals surface area contributed by atoms with Crippen LogP contribution < -0.4 is 0 Å². The van der Waals surface area contributed by atoms with Crippen molar-refractivity contribution in [1.29, 1.82) is 0 Å². The van der Waals surface area contributed by atoms with Crippen LogP contribution in [0.3, 0.4) is 0 Å². The molecule has 3 atom stereocenters. The molecule has 14 heavy (non-hydrogen) atoms. The zero-order chi connectivity index (χ0) is 10.6. The summed E-state index contributed by atoms with van der Waals surface area (Å²) in [6.45, 7) is 7.11. The fourth-order valence-corrected chi connectivity index (χ4v) is 2.00. The Balaban J connectivity index is 2.34. The van der Waals surface area contributed by atoms with E-state index in [1.807, 2.05) is 6.92 Å². The molecule has 0 bridgehead atoms. The van der Waals surface area contributed by atoms with E-state index in [-0.39, 0.29) is 6.10 Å². The van der Waals surface area contributed by atoms with Gasteiger partial charge in [-0.1, -0.05) is 13.8 Å². The van der Waals surface area contributed by atoms with Crippen LogP contribution in [0.15, 0.2) is 0 Å². The highest BCUT2D eigenvalue weighted by molar-refractivity contribution is 4.79. The van der Waals surface area contributed by atoms with Crippen molar-refractivity contribution in [1.82, 2.24) is 4.90 Å². The van der Waals surface area contributed by atoms with E-state index in [9.17, 15) is 5.11 Å². The summed E-state index contributed by atoms with van der Waals surface area (Å²) in [7, 11) is 1.78. The Morgan fingerprint density at radius 1 is 1.57 bits per heavy atom.